The SMILES string of the molecule is CCOC(CN)CCN1CC=C(C)CC1. The molecule has 0 amide bonds. The molecule has 15 heavy (non-hydrogen) atoms. The maximum absolute atomic E-state index is 5.64. The van der Waals surface area contributed by atoms with Gasteiger partial charge in [0.2, 0.25) is 0 Å². The Morgan fingerprint density at radius 1 is 1.60 bits per heavy atom. The Labute approximate surface area is 93.3 Å². The largest absolute Gasteiger partial charge is 0.377 e. The van der Waals surface area contributed by atoms with E-state index in [2.05, 4.69) is 17.9 Å². The molecule has 3 nitrogen and oxygen atoms in total. The number of hydrogen-bond donors (Lipinski definition) is 1. The van der Waals surface area contributed by atoms with E-state index in [9.17, 15) is 0 Å². The van der Waals surface area contributed by atoms with Crippen LogP contribution in [0, 0.1) is 0 Å². The average Bonchev–Trinajstić information content (AvgIpc) is 2.26. The summed E-state index contributed by atoms with van der Waals surface area (Å²) in [5, 5.41) is 0. The van der Waals surface area contributed by atoms with Crippen LogP contribution < -0.4 is 5.73 Å². The quantitative estimate of drug-likeness (QED) is 0.676. The van der Waals surface area contributed by atoms with Crippen LogP contribution in [0.4, 0.5) is 0 Å². The van der Waals surface area contributed by atoms with Crippen molar-refractivity contribution in [2.24, 2.45) is 5.73 Å². The predicted octanol–water partition coefficient (Wildman–Crippen LogP) is 1.39. The second-order valence-corrected chi connectivity index (χ2v) is 4.20. The van der Waals surface area contributed by atoms with Gasteiger partial charge in [0.15, 0.2) is 0 Å². The second-order valence-electron chi connectivity index (χ2n) is 4.20. The first-order valence-corrected chi connectivity index (χ1v) is 5.96. The van der Waals surface area contributed by atoms with Crippen molar-refractivity contribution in [1.82, 2.24) is 4.90 Å². The topological polar surface area (TPSA) is 38.5 Å². The summed E-state index contributed by atoms with van der Waals surface area (Å²) in [5.41, 5.74) is 7.16. The molecule has 0 aromatic carbocycles. The number of nitrogens with zero attached hydrogens (tertiary/aromatic N) is 1. The molecule has 0 spiro atoms. The van der Waals surface area contributed by atoms with Crippen LogP contribution in [0.5, 0.6) is 0 Å². The first-order valence-electron chi connectivity index (χ1n) is 5.96. The van der Waals surface area contributed by atoms with Crippen LogP contribution in [0.3, 0.4) is 0 Å². The minimum absolute atomic E-state index is 0.238. The normalized spacial score (nSPS) is 20.1. The van der Waals surface area contributed by atoms with Gasteiger partial charge in [-0.1, -0.05) is 11.6 Å². The maximum Gasteiger partial charge on any atom is 0.0709 e. The smallest absolute Gasteiger partial charge is 0.0709 e. The van der Waals surface area contributed by atoms with E-state index >= 15 is 0 Å². The Kier molecular flexibility index (Phi) is 5.91. The Morgan fingerprint density at radius 2 is 2.40 bits per heavy atom. The van der Waals surface area contributed by atoms with E-state index in [4.69, 9.17) is 10.5 Å². The first kappa shape index (κ1) is 12.7. The van der Waals surface area contributed by atoms with E-state index in [1.54, 1.807) is 0 Å². The van der Waals surface area contributed by atoms with Gasteiger partial charge in [0, 0.05) is 32.8 Å². The standard InChI is InChI=1S/C12H24N2O/c1-3-15-12(10-13)6-9-14-7-4-11(2)5-8-14/h4,12H,3,5-10,13H2,1-2H3. The van der Waals surface area contributed by atoms with Gasteiger partial charge in [-0.15, -0.1) is 0 Å². The number of ether oxygens (including phenoxy) is 1. The molecule has 0 saturated carbocycles. The van der Waals surface area contributed by atoms with Crippen molar-refractivity contribution in [1.29, 1.82) is 0 Å². The Balaban J connectivity index is 2.19. The summed E-state index contributed by atoms with van der Waals surface area (Å²) >= 11 is 0. The summed E-state index contributed by atoms with van der Waals surface area (Å²) in [6, 6.07) is 0. The Hall–Kier alpha value is -0.380. The molecule has 0 saturated heterocycles. The number of hydrogen-bond acceptors (Lipinski definition) is 3. The van der Waals surface area contributed by atoms with Crippen LogP contribution in [0.15, 0.2) is 11.6 Å². The molecular weight excluding hydrogens is 188 g/mol. The Morgan fingerprint density at radius 3 is 2.93 bits per heavy atom. The lowest BCUT2D eigenvalue weighted by atomic mass is 10.1. The molecule has 1 aliphatic rings. The molecule has 88 valence electrons. The van der Waals surface area contributed by atoms with Gasteiger partial charge in [0.1, 0.15) is 0 Å². The van der Waals surface area contributed by atoms with Gasteiger partial charge in [0.25, 0.3) is 0 Å². The van der Waals surface area contributed by atoms with Gasteiger partial charge >= 0.3 is 0 Å². The van der Waals surface area contributed by atoms with Crippen molar-refractivity contribution in [3.8, 4) is 0 Å². The average molecular weight is 212 g/mol. The fraction of sp³-hybridized carbons (Fsp3) is 0.833. The lowest BCUT2D eigenvalue weighted by molar-refractivity contribution is 0.0550. The molecule has 0 radical (unpaired) electrons. The summed E-state index contributed by atoms with van der Waals surface area (Å²) in [7, 11) is 0. The van der Waals surface area contributed by atoms with Gasteiger partial charge in [-0.3, -0.25) is 4.90 Å². The molecule has 0 aliphatic carbocycles. The van der Waals surface area contributed by atoms with Crippen LogP contribution in [-0.4, -0.2) is 43.8 Å². The summed E-state index contributed by atoms with van der Waals surface area (Å²) in [6.45, 7) is 9.01. The van der Waals surface area contributed by atoms with Gasteiger partial charge in [-0.05, 0) is 26.7 Å². The van der Waals surface area contributed by atoms with Crippen molar-refractivity contribution in [3.05, 3.63) is 11.6 Å². The maximum atomic E-state index is 5.64. The van der Waals surface area contributed by atoms with Crippen molar-refractivity contribution < 1.29 is 4.74 Å². The van der Waals surface area contributed by atoms with Crippen molar-refractivity contribution in [3.63, 3.8) is 0 Å². The lowest BCUT2D eigenvalue weighted by Crippen LogP contribution is -2.34. The fourth-order valence-corrected chi connectivity index (χ4v) is 1.85. The fourth-order valence-electron chi connectivity index (χ4n) is 1.85. The summed E-state index contributed by atoms with van der Waals surface area (Å²) in [4.78, 5) is 2.47. The van der Waals surface area contributed by atoms with Crippen LogP contribution in [0.25, 0.3) is 0 Å². The van der Waals surface area contributed by atoms with E-state index in [0.29, 0.717) is 6.54 Å². The monoisotopic (exact) mass is 212 g/mol. The highest BCUT2D eigenvalue weighted by Gasteiger charge is 2.12. The highest BCUT2D eigenvalue weighted by molar-refractivity contribution is 5.03. The van der Waals surface area contributed by atoms with E-state index in [-0.39, 0.29) is 6.10 Å². The van der Waals surface area contributed by atoms with Crippen LogP contribution >= 0.6 is 0 Å². The molecule has 1 aliphatic heterocycles. The van der Waals surface area contributed by atoms with Gasteiger partial charge < -0.3 is 10.5 Å². The molecule has 3 heteroatoms. The lowest BCUT2D eigenvalue weighted by Gasteiger charge is -2.26. The van der Waals surface area contributed by atoms with Crippen molar-refractivity contribution in [2.75, 3.05) is 32.8 Å². The third kappa shape index (κ3) is 4.78. The molecule has 0 aromatic heterocycles. The van der Waals surface area contributed by atoms with Crippen LogP contribution in [0.2, 0.25) is 0 Å². The molecule has 0 bridgehead atoms. The number of rotatable bonds is 6. The molecule has 0 aromatic rings. The summed E-state index contributed by atoms with van der Waals surface area (Å²) in [5.74, 6) is 0. The third-order valence-corrected chi connectivity index (χ3v) is 2.95. The summed E-state index contributed by atoms with van der Waals surface area (Å²) in [6.07, 6.45) is 4.82. The minimum Gasteiger partial charge on any atom is -0.377 e. The first-order chi connectivity index (χ1) is 7.26. The van der Waals surface area contributed by atoms with E-state index < -0.39 is 0 Å². The van der Waals surface area contributed by atoms with Crippen molar-refractivity contribution in [2.45, 2.75) is 32.8 Å². The van der Waals surface area contributed by atoms with Gasteiger partial charge in [0.05, 0.1) is 6.10 Å². The third-order valence-electron chi connectivity index (χ3n) is 2.95. The van der Waals surface area contributed by atoms with Crippen LogP contribution in [0.1, 0.15) is 26.7 Å². The minimum atomic E-state index is 0.238. The molecule has 1 rings (SSSR count). The van der Waals surface area contributed by atoms with E-state index in [1.165, 1.54) is 18.5 Å². The van der Waals surface area contributed by atoms with E-state index in [0.717, 1.165) is 26.1 Å². The second kappa shape index (κ2) is 6.99. The zero-order valence-electron chi connectivity index (χ0n) is 10.0. The van der Waals surface area contributed by atoms with Crippen LogP contribution in [-0.2, 0) is 4.74 Å². The molecule has 2 N–H and O–H groups in total. The predicted molar refractivity (Wildman–Crippen MR) is 63.9 cm³/mol. The van der Waals surface area contributed by atoms with E-state index in [1.807, 2.05) is 6.92 Å². The van der Waals surface area contributed by atoms with Gasteiger partial charge in [-0.2, -0.15) is 0 Å². The summed E-state index contributed by atoms with van der Waals surface area (Å²) < 4.78 is 5.54. The zero-order chi connectivity index (χ0) is 11.1. The zero-order valence-corrected chi connectivity index (χ0v) is 10.0. The highest BCUT2D eigenvalue weighted by Crippen LogP contribution is 2.10. The van der Waals surface area contributed by atoms with Crippen molar-refractivity contribution >= 4 is 0 Å². The molecule has 1 heterocycles. The highest BCUT2D eigenvalue weighted by atomic mass is 16.5. The van der Waals surface area contributed by atoms with Gasteiger partial charge in [-0.25, -0.2) is 0 Å². The molecule has 1 unspecified atom stereocenters. The molecule has 1 atom stereocenters. The molecule has 0 fully saturated rings. The Bertz CT molecular complexity index is 204. The molecular formula is C12H24N2O. The number of nitrogens with two attached hydrogens (primary N) is 1.